The van der Waals surface area contributed by atoms with Crippen LogP contribution in [-0.2, 0) is 6.54 Å². The van der Waals surface area contributed by atoms with Crippen molar-refractivity contribution in [2.75, 3.05) is 0 Å². The van der Waals surface area contributed by atoms with Crippen molar-refractivity contribution in [1.82, 2.24) is 20.3 Å². The Morgan fingerprint density at radius 3 is 2.92 bits per heavy atom. The van der Waals surface area contributed by atoms with Crippen LogP contribution in [0.1, 0.15) is 21.2 Å². The number of para-hydroxylation sites is 2. The Labute approximate surface area is 141 Å². The summed E-state index contributed by atoms with van der Waals surface area (Å²) in [5, 5.41) is 3.56. The lowest BCUT2D eigenvalue weighted by Gasteiger charge is -2.01. The van der Waals surface area contributed by atoms with E-state index in [4.69, 9.17) is 4.42 Å². The maximum Gasteiger partial charge on any atom is 0.271 e. The minimum absolute atomic E-state index is 0.220. The third kappa shape index (κ3) is 2.69. The molecule has 3 aromatic heterocycles. The summed E-state index contributed by atoms with van der Waals surface area (Å²) < 4.78 is 5.33. The van der Waals surface area contributed by atoms with Crippen molar-refractivity contribution in [2.45, 2.75) is 13.5 Å². The molecule has 1 amide bonds. The van der Waals surface area contributed by atoms with Crippen LogP contribution >= 0.6 is 11.3 Å². The van der Waals surface area contributed by atoms with Crippen LogP contribution in [0.25, 0.3) is 21.8 Å². The lowest BCUT2D eigenvalue weighted by Crippen LogP contribution is -2.24. The topological polar surface area (TPSA) is 83.8 Å². The summed E-state index contributed by atoms with van der Waals surface area (Å²) in [6.45, 7) is 2.20. The van der Waals surface area contributed by atoms with E-state index >= 15 is 0 Å². The molecule has 1 aromatic carbocycles. The molecule has 4 rings (SSSR count). The largest absolute Gasteiger partial charge is 0.462 e. The van der Waals surface area contributed by atoms with Crippen molar-refractivity contribution >= 4 is 28.3 Å². The van der Waals surface area contributed by atoms with Crippen LogP contribution in [0.3, 0.4) is 0 Å². The number of aromatic nitrogens is 3. The molecule has 0 unspecified atom stereocenters. The molecule has 0 fully saturated rings. The highest BCUT2D eigenvalue weighted by atomic mass is 32.1. The van der Waals surface area contributed by atoms with Gasteiger partial charge in [-0.15, -0.1) is 11.3 Å². The zero-order valence-electron chi connectivity index (χ0n) is 12.9. The molecule has 120 valence electrons. The van der Waals surface area contributed by atoms with Crippen molar-refractivity contribution in [1.29, 1.82) is 0 Å². The number of hydrogen-bond acceptors (Lipinski definition) is 5. The average molecular weight is 338 g/mol. The number of rotatable bonds is 4. The first kappa shape index (κ1) is 14.6. The van der Waals surface area contributed by atoms with E-state index in [1.54, 1.807) is 12.3 Å². The molecule has 0 aliphatic rings. The second kappa shape index (κ2) is 5.93. The molecule has 0 aliphatic heterocycles. The zero-order valence-corrected chi connectivity index (χ0v) is 13.7. The molecule has 0 saturated heterocycles. The Bertz CT molecular complexity index is 968. The van der Waals surface area contributed by atoms with E-state index in [2.05, 4.69) is 20.3 Å². The fourth-order valence-electron chi connectivity index (χ4n) is 2.45. The van der Waals surface area contributed by atoms with Crippen molar-refractivity contribution in [2.24, 2.45) is 0 Å². The van der Waals surface area contributed by atoms with Crippen LogP contribution in [-0.4, -0.2) is 20.9 Å². The number of furan rings is 1. The van der Waals surface area contributed by atoms with Gasteiger partial charge in [-0.1, -0.05) is 12.1 Å². The van der Waals surface area contributed by atoms with E-state index in [-0.39, 0.29) is 5.91 Å². The molecule has 0 aliphatic carbocycles. The maximum atomic E-state index is 12.4. The van der Waals surface area contributed by atoms with Gasteiger partial charge in [-0.2, -0.15) is 0 Å². The number of fused-ring (bicyclic) bond motifs is 1. The van der Waals surface area contributed by atoms with Gasteiger partial charge in [-0.3, -0.25) is 4.79 Å². The Morgan fingerprint density at radius 1 is 1.25 bits per heavy atom. The highest BCUT2D eigenvalue weighted by Crippen LogP contribution is 2.27. The lowest BCUT2D eigenvalue weighted by atomic mass is 10.3. The predicted octanol–water partition coefficient (Wildman–Crippen LogP) is 3.52. The van der Waals surface area contributed by atoms with E-state index in [0.29, 0.717) is 28.8 Å². The number of aromatic amines is 1. The van der Waals surface area contributed by atoms with Crippen LogP contribution in [0.15, 0.2) is 47.1 Å². The fraction of sp³-hybridized carbons (Fsp3) is 0.118. The van der Waals surface area contributed by atoms with Gasteiger partial charge >= 0.3 is 0 Å². The Balaban J connectivity index is 1.50. The average Bonchev–Trinajstić information content (AvgIpc) is 3.31. The molecule has 6 nitrogen and oxygen atoms in total. The summed E-state index contributed by atoms with van der Waals surface area (Å²) in [6.07, 6.45) is 1.59. The molecule has 3 heterocycles. The van der Waals surface area contributed by atoms with Crippen LogP contribution in [0.4, 0.5) is 0 Å². The Hall–Kier alpha value is -2.93. The van der Waals surface area contributed by atoms with Crippen LogP contribution < -0.4 is 5.32 Å². The monoisotopic (exact) mass is 338 g/mol. The first-order chi connectivity index (χ1) is 11.7. The SMILES string of the molecule is Cc1sc(-c2ccco2)nc1C(=O)NCc1nc2ccccc2[nH]1. The van der Waals surface area contributed by atoms with Crippen molar-refractivity contribution < 1.29 is 9.21 Å². The van der Waals surface area contributed by atoms with Gasteiger partial charge in [-0.25, -0.2) is 9.97 Å². The van der Waals surface area contributed by atoms with Gasteiger partial charge in [0.2, 0.25) is 0 Å². The van der Waals surface area contributed by atoms with Crippen molar-refractivity contribution in [3.63, 3.8) is 0 Å². The highest BCUT2D eigenvalue weighted by Gasteiger charge is 2.17. The summed E-state index contributed by atoms with van der Waals surface area (Å²) in [5.41, 5.74) is 2.25. The molecular weight excluding hydrogens is 324 g/mol. The highest BCUT2D eigenvalue weighted by molar-refractivity contribution is 7.15. The summed E-state index contributed by atoms with van der Waals surface area (Å²) in [6, 6.07) is 11.4. The van der Waals surface area contributed by atoms with Gasteiger partial charge in [0, 0.05) is 4.88 Å². The molecule has 0 radical (unpaired) electrons. The molecule has 0 spiro atoms. The number of thiazole rings is 1. The van der Waals surface area contributed by atoms with E-state index < -0.39 is 0 Å². The van der Waals surface area contributed by atoms with Gasteiger partial charge < -0.3 is 14.7 Å². The van der Waals surface area contributed by atoms with Gasteiger partial charge in [0.1, 0.15) is 11.5 Å². The molecule has 2 N–H and O–H groups in total. The lowest BCUT2D eigenvalue weighted by molar-refractivity contribution is 0.0945. The van der Waals surface area contributed by atoms with Gasteiger partial charge in [-0.05, 0) is 31.2 Å². The number of H-pyrrole nitrogens is 1. The van der Waals surface area contributed by atoms with E-state index in [9.17, 15) is 4.79 Å². The summed E-state index contributed by atoms with van der Waals surface area (Å²) in [7, 11) is 0. The third-order valence-electron chi connectivity index (χ3n) is 3.60. The first-order valence-electron chi connectivity index (χ1n) is 7.44. The number of carbonyl (C=O) groups excluding carboxylic acids is 1. The number of nitrogens with zero attached hydrogens (tertiary/aromatic N) is 2. The van der Waals surface area contributed by atoms with Crippen LogP contribution in [0.5, 0.6) is 0 Å². The number of hydrogen-bond donors (Lipinski definition) is 2. The van der Waals surface area contributed by atoms with Crippen LogP contribution in [0, 0.1) is 6.92 Å². The minimum atomic E-state index is -0.220. The van der Waals surface area contributed by atoms with Gasteiger partial charge in [0.25, 0.3) is 5.91 Å². The maximum absolute atomic E-state index is 12.4. The molecule has 4 aromatic rings. The van der Waals surface area contributed by atoms with E-state index in [1.807, 2.05) is 37.3 Å². The number of amides is 1. The summed E-state index contributed by atoms with van der Waals surface area (Å²) in [5.74, 6) is 1.16. The summed E-state index contributed by atoms with van der Waals surface area (Å²) in [4.78, 5) is 25.3. The van der Waals surface area contributed by atoms with Gasteiger partial charge in [0.15, 0.2) is 10.8 Å². The number of aryl methyl sites for hydroxylation is 1. The Morgan fingerprint density at radius 2 is 2.12 bits per heavy atom. The molecular formula is C17H14N4O2S. The van der Waals surface area contributed by atoms with E-state index in [0.717, 1.165) is 15.9 Å². The van der Waals surface area contributed by atoms with E-state index in [1.165, 1.54) is 11.3 Å². The first-order valence-corrected chi connectivity index (χ1v) is 8.25. The number of benzene rings is 1. The molecule has 0 saturated carbocycles. The van der Waals surface area contributed by atoms with Gasteiger partial charge in [0.05, 0.1) is 23.8 Å². The molecule has 0 atom stereocenters. The number of nitrogens with one attached hydrogen (secondary N) is 2. The quantitative estimate of drug-likeness (QED) is 0.596. The normalized spacial score (nSPS) is 11.0. The van der Waals surface area contributed by atoms with Crippen molar-refractivity contribution in [3.8, 4) is 10.8 Å². The minimum Gasteiger partial charge on any atom is -0.462 e. The molecule has 0 bridgehead atoms. The van der Waals surface area contributed by atoms with Crippen molar-refractivity contribution in [3.05, 3.63) is 59.1 Å². The smallest absolute Gasteiger partial charge is 0.271 e. The Kier molecular flexibility index (Phi) is 3.62. The number of imidazole rings is 1. The molecule has 24 heavy (non-hydrogen) atoms. The zero-order chi connectivity index (χ0) is 16.5. The number of carbonyl (C=O) groups is 1. The molecule has 7 heteroatoms. The second-order valence-electron chi connectivity index (χ2n) is 5.28. The van der Waals surface area contributed by atoms with Crippen LogP contribution in [0.2, 0.25) is 0 Å². The standard InChI is InChI=1S/C17H14N4O2S/c1-10-15(21-17(24-10)13-7-4-8-23-13)16(22)18-9-14-19-11-5-2-3-6-12(11)20-14/h2-8H,9H2,1H3,(H,18,22)(H,19,20). The fourth-order valence-corrected chi connectivity index (χ4v) is 3.33. The third-order valence-corrected chi connectivity index (χ3v) is 4.58. The second-order valence-corrected chi connectivity index (χ2v) is 6.49. The predicted molar refractivity (Wildman–Crippen MR) is 91.8 cm³/mol. The summed E-state index contributed by atoms with van der Waals surface area (Å²) >= 11 is 1.44.